The zero-order chi connectivity index (χ0) is 11.7. The van der Waals surface area contributed by atoms with Crippen molar-refractivity contribution in [3.63, 3.8) is 0 Å². The van der Waals surface area contributed by atoms with E-state index in [4.69, 9.17) is 0 Å². The number of para-hydroxylation sites is 1. The number of hydrogen-bond donors (Lipinski definition) is 1. The zero-order valence-corrected chi connectivity index (χ0v) is 9.15. The normalized spacial score (nSPS) is 10.4. The summed E-state index contributed by atoms with van der Waals surface area (Å²) in [4.78, 5) is 26.4. The van der Waals surface area contributed by atoms with Gasteiger partial charge < -0.3 is 9.88 Å². The number of aryl methyl sites for hydroxylation is 1. The lowest BCUT2D eigenvalue weighted by atomic mass is 10.2. The highest BCUT2D eigenvalue weighted by molar-refractivity contribution is 6.31. The average Bonchev–Trinajstić information content (AvgIpc) is 2.63. The number of aldehydes is 1. The van der Waals surface area contributed by atoms with Gasteiger partial charge in [0, 0.05) is 23.6 Å². The third kappa shape index (κ3) is 1.48. The van der Waals surface area contributed by atoms with Gasteiger partial charge in [-0.05, 0) is 13.0 Å². The molecule has 0 unspecified atom stereocenters. The first-order chi connectivity index (χ1) is 7.65. The van der Waals surface area contributed by atoms with Gasteiger partial charge in [-0.2, -0.15) is 0 Å². The van der Waals surface area contributed by atoms with Crippen molar-refractivity contribution in [1.29, 1.82) is 0 Å². The molecule has 82 valence electrons. The van der Waals surface area contributed by atoms with E-state index >= 15 is 0 Å². The Hall–Kier alpha value is -2.10. The molecular formula is C12H12N2O2. The predicted octanol–water partition coefficient (Wildman–Crippen LogP) is 1.64. The van der Waals surface area contributed by atoms with Gasteiger partial charge in [0.15, 0.2) is 0 Å². The molecule has 0 saturated heterocycles. The summed E-state index contributed by atoms with van der Waals surface area (Å²) in [5, 5.41) is 0.942. The Balaban J connectivity index is 2.63. The molecule has 16 heavy (non-hydrogen) atoms. The fourth-order valence-corrected chi connectivity index (χ4v) is 1.88. The van der Waals surface area contributed by atoms with Gasteiger partial charge in [0.25, 0.3) is 5.91 Å². The molecule has 0 spiro atoms. The minimum absolute atomic E-state index is 0.321. The van der Waals surface area contributed by atoms with Gasteiger partial charge in [0.05, 0.1) is 5.69 Å². The number of H-pyrrole nitrogens is 1. The average molecular weight is 216 g/mol. The number of carbonyl (C=O) groups excluding carboxylic acids is 2. The molecule has 0 bridgehead atoms. The molecule has 0 fully saturated rings. The van der Waals surface area contributed by atoms with Gasteiger partial charge in [-0.15, -0.1) is 0 Å². The number of aromatic amines is 1. The van der Waals surface area contributed by atoms with Crippen LogP contribution in [0.2, 0.25) is 0 Å². The van der Waals surface area contributed by atoms with Crippen LogP contribution >= 0.6 is 0 Å². The maximum absolute atomic E-state index is 11.4. The van der Waals surface area contributed by atoms with Crippen molar-refractivity contribution in [2.24, 2.45) is 0 Å². The van der Waals surface area contributed by atoms with Crippen LogP contribution in [-0.2, 0) is 9.59 Å². The molecule has 4 heteroatoms. The Kier molecular flexibility index (Phi) is 2.48. The molecule has 0 atom stereocenters. The van der Waals surface area contributed by atoms with Crippen LogP contribution in [0.3, 0.4) is 0 Å². The Bertz CT molecular complexity index is 557. The van der Waals surface area contributed by atoms with Crippen LogP contribution in [0.4, 0.5) is 5.69 Å². The molecule has 0 aliphatic carbocycles. The first-order valence-electron chi connectivity index (χ1n) is 4.95. The van der Waals surface area contributed by atoms with E-state index in [9.17, 15) is 9.59 Å². The number of nitrogens with zero attached hydrogens (tertiary/aromatic N) is 1. The fourth-order valence-electron chi connectivity index (χ4n) is 1.88. The SMILES string of the molecule is Cc1[nH]c2ccccc2c1N(C)C(=O)C=O. The van der Waals surface area contributed by atoms with Crippen LogP contribution in [0.25, 0.3) is 10.9 Å². The van der Waals surface area contributed by atoms with Gasteiger partial charge in [0.1, 0.15) is 0 Å². The first kappa shape index (κ1) is 10.4. The number of amides is 1. The van der Waals surface area contributed by atoms with E-state index in [1.807, 2.05) is 31.2 Å². The summed E-state index contributed by atoms with van der Waals surface area (Å²) in [6.45, 7) is 1.88. The second kappa shape index (κ2) is 3.81. The summed E-state index contributed by atoms with van der Waals surface area (Å²) in [6, 6.07) is 7.68. The maximum atomic E-state index is 11.4. The molecule has 1 amide bonds. The molecule has 0 aliphatic heterocycles. The minimum atomic E-state index is -0.548. The first-order valence-corrected chi connectivity index (χ1v) is 4.95. The Labute approximate surface area is 92.9 Å². The third-order valence-corrected chi connectivity index (χ3v) is 2.63. The highest BCUT2D eigenvalue weighted by Gasteiger charge is 2.16. The number of nitrogens with one attached hydrogen (secondary N) is 1. The van der Waals surface area contributed by atoms with Crippen molar-refractivity contribution in [1.82, 2.24) is 4.98 Å². The van der Waals surface area contributed by atoms with E-state index in [1.54, 1.807) is 7.05 Å². The van der Waals surface area contributed by atoms with Gasteiger partial charge in [-0.1, -0.05) is 18.2 Å². The van der Waals surface area contributed by atoms with E-state index < -0.39 is 5.91 Å². The molecule has 0 aliphatic rings. The minimum Gasteiger partial charge on any atom is -0.357 e. The van der Waals surface area contributed by atoms with Crippen molar-refractivity contribution in [3.8, 4) is 0 Å². The Morgan fingerprint density at radius 2 is 2.06 bits per heavy atom. The molecule has 4 nitrogen and oxygen atoms in total. The molecule has 2 rings (SSSR count). The molecule has 1 N–H and O–H groups in total. The maximum Gasteiger partial charge on any atom is 0.290 e. The van der Waals surface area contributed by atoms with Crippen molar-refractivity contribution in [2.45, 2.75) is 6.92 Å². The Morgan fingerprint density at radius 1 is 1.38 bits per heavy atom. The lowest BCUT2D eigenvalue weighted by Gasteiger charge is -2.14. The summed E-state index contributed by atoms with van der Waals surface area (Å²) >= 11 is 0. The van der Waals surface area contributed by atoms with Gasteiger partial charge in [-0.3, -0.25) is 9.59 Å². The highest BCUT2D eigenvalue weighted by atomic mass is 16.2. The summed E-state index contributed by atoms with van der Waals surface area (Å²) in [7, 11) is 1.60. The quantitative estimate of drug-likeness (QED) is 0.612. The third-order valence-electron chi connectivity index (χ3n) is 2.63. The molecular weight excluding hydrogens is 204 g/mol. The fraction of sp³-hybridized carbons (Fsp3) is 0.167. The van der Waals surface area contributed by atoms with Crippen LogP contribution < -0.4 is 4.90 Å². The van der Waals surface area contributed by atoms with Crippen molar-refractivity contribution in [3.05, 3.63) is 30.0 Å². The number of anilines is 1. The monoisotopic (exact) mass is 216 g/mol. The topological polar surface area (TPSA) is 53.2 Å². The summed E-state index contributed by atoms with van der Waals surface area (Å²) in [5.41, 5.74) is 2.59. The van der Waals surface area contributed by atoms with E-state index in [-0.39, 0.29) is 0 Å². The standard InChI is InChI=1S/C12H12N2O2/c1-8-12(14(2)11(16)7-15)9-5-3-4-6-10(9)13-8/h3-7,13H,1-2H3. The number of hydrogen-bond acceptors (Lipinski definition) is 2. The molecule has 2 aromatic rings. The van der Waals surface area contributed by atoms with E-state index in [1.165, 1.54) is 4.90 Å². The van der Waals surface area contributed by atoms with Gasteiger partial charge >= 0.3 is 0 Å². The number of fused-ring (bicyclic) bond motifs is 1. The second-order valence-electron chi connectivity index (χ2n) is 3.66. The van der Waals surface area contributed by atoms with Crippen molar-refractivity contribution < 1.29 is 9.59 Å². The molecule has 0 radical (unpaired) electrons. The van der Waals surface area contributed by atoms with Crippen molar-refractivity contribution in [2.75, 3.05) is 11.9 Å². The van der Waals surface area contributed by atoms with E-state index in [0.717, 1.165) is 22.3 Å². The number of rotatable bonds is 2. The van der Waals surface area contributed by atoms with Crippen LogP contribution in [0.15, 0.2) is 24.3 Å². The zero-order valence-electron chi connectivity index (χ0n) is 9.15. The molecule has 1 aromatic heterocycles. The van der Waals surface area contributed by atoms with Gasteiger partial charge in [0.2, 0.25) is 6.29 Å². The summed E-state index contributed by atoms with van der Waals surface area (Å²) in [6.07, 6.45) is 0.321. The van der Waals surface area contributed by atoms with Crippen LogP contribution in [-0.4, -0.2) is 24.2 Å². The predicted molar refractivity (Wildman–Crippen MR) is 62.5 cm³/mol. The largest absolute Gasteiger partial charge is 0.357 e. The summed E-state index contributed by atoms with van der Waals surface area (Å²) < 4.78 is 0. The number of carbonyl (C=O) groups is 2. The molecule has 1 aromatic carbocycles. The highest BCUT2D eigenvalue weighted by Crippen LogP contribution is 2.29. The second-order valence-corrected chi connectivity index (χ2v) is 3.66. The lowest BCUT2D eigenvalue weighted by molar-refractivity contribution is -0.129. The summed E-state index contributed by atoms with van der Waals surface area (Å²) in [5.74, 6) is -0.548. The molecule has 1 heterocycles. The van der Waals surface area contributed by atoms with Gasteiger partial charge in [-0.25, -0.2) is 0 Å². The number of benzene rings is 1. The lowest BCUT2D eigenvalue weighted by Crippen LogP contribution is -2.27. The Morgan fingerprint density at radius 3 is 2.75 bits per heavy atom. The van der Waals surface area contributed by atoms with E-state index in [2.05, 4.69) is 4.98 Å². The number of likely N-dealkylation sites (N-methyl/N-ethyl adjacent to an activating group) is 1. The number of aromatic nitrogens is 1. The van der Waals surface area contributed by atoms with Crippen LogP contribution in [0.5, 0.6) is 0 Å². The van der Waals surface area contributed by atoms with Crippen LogP contribution in [0.1, 0.15) is 5.69 Å². The van der Waals surface area contributed by atoms with Crippen LogP contribution in [0, 0.1) is 6.92 Å². The van der Waals surface area contributed by atoms with Crippen molar-refractivity contribution >= 4 is 28.8 Å². The molecule has 0 saturated carbocycles. The van der Waals surface area contributed by atoms with E-state index in [0.29, 0.717) is 6.29 Å². The smallest absolute Gasteiger partial charge is 0.290 e.